The number of nitrogens with one attached hydrogen (secondary N) is 1. The van der Waals surface area contributed by atoms with Crippen molar-refractivity contribution in [1.29, 1.82) is 0 Å². The topological polar surface area (TPSA) is 87.5 Å². The third kappa shape index (κ3) is 4.79. The number of carbonyl (C=O) groups excluding carboxylic acids is 1. The molecule has 0 radical (unpaired) electrons. The molecule has 0 aliphatic rings. The van der Waals surface area contributed by atoms with Gasteiger partial charge in [0.1, 0.15) is 6.54 Å². The van der Waals surface area contributed by atoms with Gasteiger partial charge in [-0.25, -0.2) is 4.98 Å². The van der Waals surface area contributed by atoms with Crippen LogP contribution in [0.5, 0.6) is 17.2 Å². The minimum Gasteiger partial charge on any atom is -0.493 e. The number of methoxy groups -OCH3 is 3. The molecule has 4 aromatic rings. The highest BCUT2D eigenvalue weighted by Crippen LogP contribution is 2.42. The molecule has 0 atom stereocenters. The number of amides is 1. The molecule has 2 heterocycles. The molecule has 1 amide bonds. The van der Waals surface area contributed by atoms with E-state index in [0.717, 1.165) is 21.9 Å². The number of fused-ring (bicyclic) bond motifs is 1. The zero-order chi connectivity index (χ0) is 24.1. The Hall–Kier alpha value is -3.72. The third-order valence-corrected chi connectivity index (χ3v) is 6.44. The molecule has 8 nitrogen and oxygen atoms in total. The highest BCUT2D eigenvalue weighted by atomic mass is 32.2. The highest BCUT2D eigenvalue weighted by molar-refractivity contribution is 7.98. The Labute approximate surface area is 202 Å². The Kier molecular flexibility index (Phi) is 7.22. The van der Waals surface area contributed by atoms with Crippen LogP contribution >= 0.6 is 11.8 Å². The molecule has 0 aliphatic heterocycles. The molecule has 34 heavy (non-hydrogen) atoms. The minimum atomic E-state index is -0.230. The first-order valence-electron chi connectivity index (χ1n) is 10.6. The highest BCUT2D eigenvalue weighted by Gasteiger charge is 2.19. The lowest BCUT2D eigenvalue weighted by Crippen LogP contribution is -2.20. The first-order chi connectivity index (χ1) is 16.5. The molecule has 0 fully saturated rings. The van der Waals surface area contributed by atoms with Crippen LogP contribution in [0.3, 0.4) is 0 Å². The van der Waals surface area contributed by atoms with Crippen molar-refractivity contribution in [2.24, 2.45) is 0 Å². The Bertz CT molecular complexity index is 1320. The number of pyridine rings is 1. The lowest BCUT2D eigenvalue weighted by Gasteiger charge is -2.16. The monoisotopic (exact) mass is 478 g/mol. The normalized spacial score (nSPS) is 10.8. The molecule has 9 heteroatoms. The second kappa shape index (κ2) is 10.5. The Morgan fingerprint density at radius 3 is 2.56 bits per heavy atom. The minimum absolute atomic E-state index is 0.0653. The standard InChI is InChI=1S/C25H26N4O4S/c1-16-7-5-6-8-17(16)15-34-25-28-18-11-12-26-13-20(18)29(25)14-22(30)27-19-9-10-21(31-2)24(33-4)23(19)32-3/h5-13H,14-15H2,1-4H3,(H,27,30). The maximum absolute atomic E-state index is 13.1. The number of anilines is 1. The van der Waals surface area contributed by atoms with Crippen molar-refractivity contribution in [3.05, 3.63) is 66.0 Å². The van der Waals surface area contributed by atoms with E-state index in [1.54, 1.807) is 43.4 Å². The molecule has 2 aromatic heterocycles. The van der Waals surface area contributed by atoms with Gasteiger partial charge < -0.3 is 24.1 Å². The van der Waals surface area contributed by atoms with Gasteiger partial charge in [0.25, 0.3) is 0 Å². The summed E-state index contributed by atoms with van der Waals surface area (Å²) in [6, 6.07) is 13.5. The van der Waals surface area contributed by atoms with Crippen molar-refractivity contribution >= 4 is 34.4 Å². The van der Waals surface area contributed by atoms with Crippen molar-refractivity contribution in [2.45, 2.75) is 24.4 Å². The second-order valence-corrected chi connectivity index (χ2v) is 8.43. The van der Waals surface area contributed by atoms with Gasteiger partial charge in [-0.1, -0.05) is 36.0 Å². The molecule has 0 aliphatic carbocycles. The van der Waals surface area contributed by atoms with Crippen LogP contribution < -0.4 is 19.5 Å². The maximum atomic E-state index is 13.1. The van der Waals surface area contributed by atoms with Crippen LogP contribution in [0.25, 0.3) is 11.0 Å². The van der Waals surface area contributed by atoms with Gasteiger partial charge in [0.05, 0.1) is 44.2 Å². The summed E-state index contributed by atoms with van der Waals surface area (Å²) in [5.74, 6) is 1.83. The first kappa shape index (κ1) is 23.4. The lowest BCUT2D eigenvalue weighted by molar-refractivity contribution is -0.116. The van der Waals surface area contributed by atoms with Gasteiger partial charge in [0, 0.05) is 11.9 Å². The molecule has 0 saturated heterocycles. The number of aromatic nitrogens is 3. The average Bonchev–Trinajstić information content (AvgIpc) is 3.20. The van der Waals surface area contributed by atoms with Crippen LogP contribution in [0.4, 0.5) is 5.69 Å². The predicted molar refractivity (Wildman–Crippen MR) is 133 cm³/mol. The molecular formula is C25H26N4O4S. The summed E-state index contributed by atoms with van der Waals surface area (Å²) < 4.78 is 18.1. The number of aryl methyl sites for hydroxylation is 1. The molecule has 0 spiro atoms. The van der Waals surface area contributed by atoms with Gasteiger partial charge in [0.2, 0.25) is 11.7 Å². The van der Waals surface area contributed by atoms with Crippen LogP contribution in [-0.4, -0.2) is 41.8 Å². The number of hydrogen-bond acceptors (Lipinski definition) is 7. The molecule has 0 bridgehead atoms. The molecule has 2 aromatic carbocycles. The summed E-state index contributed by atoms with van der Waals surface area (Å²) >= 11 is 1.59. The maximum Gasteiger partial charge on any atom is 0.244 e. The summed E-state index contributed by atoms with van der Waals surface area (Å²) in [6.07, 6.45) is 3.43. The Balaban J connectivity index is 1.60. The zero-order valence-corrected chi connectivity index (χ0v) is 20.3. The summed E-state index contributed by atoms with van der Waals surface area (Å²) in [7, 11) is 4.58. The van der Waals surface area contributed by atoms with Gasteiger partial charge in [-0.15, -0.1) is 0 Å². The molecular weight excluding hydrogens is 452 g/mol. The van der Waals surface area contributed by atoms with Crippen molar-refractivity contribution in [3.8, 4) is 17.2 Å². The van der Waals surface area contributed by atoms with Crippen molar-refractivity contribution < 1.29 is 19.0 Å². The quantitative estimate of drug-likeness (QED) is 0.349. The van der Waals surface area contributed by atoms with E-state index in [1.165, 1.54) is 25.3 Å². The van der Waals surface area contributed by atoms with E-state index in [2.05, 4.69) is 29.4 Å². The van der Waals surface area contributed by atoms with Crippen LogP contribution in [-0.2, 0) is 17.1 Å². The van der Waals surface area contributed by atoms with E-state index in [9.17, 15) is 4.79 Å². The van der Waals surface area contributed by atoms with E-state index < -0.39 is 0 Å². The van der Waals surface area contributed by atoms with Gasteiger partial charge in [-0.3, -0.25) is 9.78 Å². The number of ether oxygens (including phenoxy) is 3. The van der Waals surface area contributed by atoms with Gasteiger partial charge >= 0.3 is 0 Å². The van der Waals surface area contributed by atoms with E-state index in [-0.39, 0.29) is 12.5 Å². The van der Waals surface area contributed by atoms with Gasteiger partial charge in [-0.2, -0.15) is 0 Å². The zero-order valence-electron chi connectivity index (χ0n) is 19.5. The third-order valence-electron chi connectivity index (χ3n) is 5.41. The van der Waals surface area contributed by atoms with E-state index in [4.69, 9.17) is 19.2 Å². The Morgan fingerprint density at radius 2 is 1.82 bits per heavy atom. The predicted octanol–water partition coefficient (Wildman–Crippen LogP) is 4.70. The van der Waals surface area contributed by atoms with Crippen LogP contribution in [0.2, 0.25) is 0 Å². The largest absolute Gasteiger partial charge is 0.493 e. The summed E-state index contributed by atoms with van der Waals surface area (Å²) in [6.45, 7) is 2.16. The average molecular weight is 479 g/mol. The number of benzene rings is 2. The van der Waals surface area contributed by atoms with Crippen molar-refractivity contribution in [1.82, 2.24) is 14.5 Å². The fourth-order valence-electron chi connectivity index (χ4n) is 3.66. The van der Waals surface area contributed by atoms with Crippen LogP contribution in [0, 0.1) is 6.92 Å². The number of carbonyl (C=O) groups is 1. The molecule has 0 saturated carbocycles. The first-order valence-corrected chi connectivity index (χ1v) is 11.6. The van der Waals surface area contributed by atoms with Crippen LogP contribution in [0.15, 0.2) is 60.0 Å². The van der Waals surface area contributed by atoms with E-state index in [1.807, 2.05) is 22.8 Å². The summed E-state index contributed by atoms with van der Waals surface area (Å²) in [5, 5.41) is 3.67. The molecule has 0 unspecified atom stereocenters. The molecule has 1 N–H and O–H groups in total. The van der Waals surface area contributed by atoms with Crippen molar-refractivity contribution in [2.75, 3.05) is 26.6 Å². The fourth-order valence-corrected chi connectivity index (χ4v) is 4.75. The Morgan fingerprint density at radius 1 is 1.03 bits per heavy atom. The number of rotatable bonds is 9. The molecule has 4 rings (SSSR count). The smallest absolute Gasteiger partial charge is 0.244 e. The van der Waals surface area contributed by atoms with Gasteiger partial charge in [-0.05, 0) is 36.2 Å². The second-order valence-electron chi connectivity index (χ2n) is 7.49. The SMILES string of the molecule is COc1ccc(NC(=O)Cn2c(SCc3ccccc3C)nc3ccncc32)c(OC)c1OC. The van der Waals surface area contributed by atoms with Crippen LogP contribution in [0.1, 0.15) is 11.1 Å². The van der Waals surface area contributed by atoms with E-state index in [0.29, 0.717) is 22.9 Å². The summed E-state index contributed by atoms with van der Waals surface area (Å²) in [4.78, 5) is 22.1. The van der Waals surface area contributed by atoms with Gasteiger partial charge in [0.15, 0.2) is 16.7 Å². The number of thioether (sulfide) groups is 1. The fraction of sp³-hybridized carbons (Fsp3) is 0.240. The summed E-state index contributed by atoms with van der Waals surface area (Å²) in [5.41, 5.74) is 4.52. The number of imidazole rings is 1. The lowest BCUT2D eigenvalue weighted by atomic mass is 10.1. The number of hydrogen-bond donors (Lipinski definition) is 1. The van der Waals surface area contributed by atoms with Crippen molar-refractivity contribution in [3.63, 3.8) is 0 Å². The van der Waals surface area contributed by atoms with E-state index >= 15 is 0 Å². The molecule has 176 valence electrons. The number of nitrogens with zero attached hydrogens (tertiary/aromatic N) is 3.